The molecule has 16 heavy (non-hydrogen) atoms. The van der Waals surface area contributed by atoms with E-state index in [0.29, 0.717) is 5.25 Å². The monoisotopic (exact) mass is 239 g/mol. The van der Waals surface area contributed by atoms with Crippen LogP contribution in [0, 0.1) is 0 Å². The molecule has 4 heteroatoms. The first-order valence-electron chi connectivity index (χ1n) is 5.13. The summed E-state index contributed by atoms with van der Waals surface area (Å²) in [5.74, 6) is 0. The van der Waals surface area contributed by atoms with E-state index < -0.39 is 0 Å². The number of amides is 1. The van der Waals surface area contributed by atoms with Gasteiger partial charge in [-0.25, -0.2) is 4.79 Å². The summed E-state index contributed by atoms with van der Waals surface area (Å²) in [4.78, 5) is 14.0. The minimum atomic E-state index is -0.357. The van der Waals surface area contributed by atoms with Crippen molar-refractivity contribution in [2.75, 3.05) is 19.1 Å². The fraction of sp³-hybridized carbons (Fsp3) is 0.417. The number of ether oxygens (including phenoxy) is 1. The highest BCUT2D eigenvalue weighted by Crippen LogP contribution is 2.25. The molecule has 0 aromatic heterocycles. The average molecular weight is 239 g/mol. The van der Waals surface area contributed by atoms with Gasteiger partial charge in [-0.05, 0) is 24.3 Å². The number of hydrogen-bond acceptors (Lipinski definition) is 3. The van der Waals surface area contributed by atoms with Gasteiger partial charge in [0.1, 0.15) is 0 Å². The van der Waals surface area contributed by atoms with Crippen molar-refractivity contribution in [3.8, 4) is 0 Å². The number of carbonyl (C=O) groups is 1. The number of rotatable bonds is 3. The van der Waals surface area contributed by atoms with Gasteiger partial charge in [-0.1, -0.05) is 13.8 Å². The number of benzene rings is 1. The molecule has 0 aliphatic carbocycles. The number of thioether (sulfide) groups is 1. The molecular weight excluding hydrogens is 222 g/mol. The Morgan fingerprint density at radius 1 is 1.31 bits per heavy atom. The SMILES string of the molecule is COC(=O)N(C)c1ccc(SC(C)C)cc1. The summed E-state index contributed by atoms with van der Waals surface area (Å²) in [6.07, 6.45) is -0.357. The highest BCUT2D eigenvalue weighted by Gasteiger charge is 2.10. The zero-order valence-electron chi connectivity index (χ0n) is 10.1. The zero-order valence-corrected chi connectivity index (χ0v) is 10.9. The average Bonchev–Trinajstić information content (AvgIpc) is 2.27. The predicted octanol–water partition coefficient (Wildman–Crippen LogP) is 3.39. The fourth-order valence-corrected chi connectivity index (χ4v) is 2.10. The van der Waals surface area contributed by atoms with Crippen molar-refractivity contribution in [3.05, 3.63) is 24.3 Å². The molecule has 0 fully saturated rings. The van der Waals surface area contributed by atoms with Gasteiger partial charge < -0.3 is 4.74 Å². The van der Waals surface area contributed by atoms with E-state index in [4.69, 9.17) is 0 Å². The summed E-state index contributed by atoms with van der Waals surface area (Å²) in [6.45, 7) is 4.30. The summed E-state index contributed by atoms with van der Waals surface area (Å²) < 4.78 is 4.64. The molecule has 1 rings (SSSR count). The van der Waals surface area contributed by atoms with Crippen LogP contribution in [0.1, 0.15) is 13.8 Å². The van der Waals surface area contributed by atoms with Gasteiger partial charge in [0.05, 0.1) is 7.11 Å². The largest absolute Gasteiger partial charge is 0.452 e. The minimum Gasteiger partial charge on any atom is -0.452 e. The van der Waals surface area contributed by atoms with Crippen LogP contribution in [0.4, 0.5) is 10.5 Å². The van der Waals surface area contributed by atoms with E-state index in [-0.39, 0.29) is 6.09 Å². The minimum absolute atomic E-state index is 0.357. The maximum absolute atomic E-state index is 11.3. The molecule has 0 bridgehead atoms. The molecule has 1 aromatic rings. The second-order valence-electron chi connectivity index (χ2n) is 3.69. The normalized spacial score (nSPS) is 10.3. The molecule has 3 nitrogen and oxygen atoms in total. The van der Waals surface area contributed by atoms with Crippen molar-refractivity contribution in [3.63, 3.8) is 0 Å². The summed E-state index contributed by atoms with van der Waals surface area (Å²) in [7, 11) is 3.07. The van der Waals surface area contributed by atoms with Crippen molar-refractivity contribution in [2.24, 2.45) is 0 Å². The quantitative estimate of drug-likeness (QED) is 0.757. The number of methoxy groups -OCH3 is 1. The molecule has 0 unspecified atom stereocenters. The molecule has 0 heterocycles. The molecule has 88 valence electrons. The van der Waals surface area contributed by atoms with Crippen molar-refractivity contribution < 1.29 is 9.53 Å². The standard InChI is InChI=1S/C12H17NO2S/c1-9(2)16-11-7-5-10(6-8-11)13(3)12(14)15-4/h5-9H,1-4H3. The van der Waals surface area contributed by atoms with E-state index in [1.165, 1.54) is 16.9 Å². The van der Waals surface area contributed by atoms with Gasteiger partial charge in [0, 0.05) is 22.9 Å². The molecule has 1 amide bonds. The second kappa shape index (κ2) is 5.80. The van der Waals surface area contributed by atoms with Crippen LogP contribution >= 0.6 is 11.8 Å². The van der Waals surface area contributed by atoms with Crippen LogP contribution in [0.25, 0.3) is 0 Å². The van der Waals surface area contributed by atoms with Crippen LogP contribution in [0.15, 0.2) is 29.2 Å². The molecule has 0 aliphatic heterocycles. The Labute approximate surface area is 101 Å². The van der Waals surface area contributed by atoms with Gasteiger partial charge in [0.2, 0.25) is 0 Å². The van der Waals surface area contributed by atoms with Crippen LogP contribution < -0.4 is 4.90 Å². The van der Waals surface area contributed by atoms with E-state index in [1.54, 1.807) is 18.8 Å². The first kappa shape index (κ1) is 12.9. The van der Waals surface area contributed by atoms with Gasteiger partial charge in [-0.15, -0.1) is 11.8 Å². The molecule has 0 saturated heterocycles. The zero-order chi connectivity index (χ0) is 12.1. The van der Waals surface area contributed by atoms with Crippen molar-refractivity contribution in [1.82, 2.24) is 0 Å². The van der Waals surface area contributed by atoms with Crippen LogP contribution in [0.2, 0.25) is 0 Å². The molecule has 1 aromatic carbocycles. The van der Waals surface area contributed by atoms with Gasteiger partial charge in [0.15, 0.2) is 0 Å². The molecular formula is C12H17NO2S. The van der Waals surface area contributed by atoms with E-state index >= 15 is 0 Å². The lowest BCUT2D eigenvalue weighted by Gasteiger charge is -2.15. The highest BCUT2D eigenvalue weighted by molar-refractivity contribution is 7.99. The third kappa shape index (κ3) is 3.45. The maximum Gasteiger partial charge on any atom is 0.413 e. The second-order valence-corrected chi connectivity index (χ2v) is 5.34. The van der Waals surface area contributed by atoms with E-state index in [2.05, 4.69) is 18.6 Å². The topological polar surface area (TPSA) is 29.5 Å². The smallest absolute Gasteiger partial charge is 0.413 e. The van der Waals surface area contributed by atoms with Crippen molar-refractivity contribution in [2.45, 2.75) is 24.0 Å². The molecule has 0 atom stereocenters. The summed E-state index contributed by atoms with van der Waals surface area (Å²) in [5, 5.41) is 0.559. The van der Waals surface area contributed by atoms with Crippen LogP contribution in [0.5, 0.6) is 0 Å². The van der Waals surface area contributed by atoms with Gasteiger partial charge >= 0.3 is 6.09 Å². The van der Waals surface area contributed by atoms with Gasteiger partial charge in [0.25, 0.3) is 0 Å². The molecule has 0 aliphatic rings. The number of carbonyl (C=O) groups excluding carboxylic acids is 1. The predicted molar refractivity (Wildman–Crippen MR) is 68.2 cm³/mol. The molecule has 0 spiro atoms. The molecule has 0 radical (unpaired) electrons. The van der Waals surface area contributed by atoms with Crippen molar-refractivity contribution >= 4 is 23.5 Å². The van der Waals surface area contributed by atoms with E-state index in [0.717, 1.165) is 5.69 Å². The first-order chi connectivity index (χ1) is 7.54. The first-order valence-corrected chi connectivity index (χ1v) is 6.01. The molecule has 0 N–H and O–H groups in total. The lowest BCUT2D eigenvalue weighted by molar-refractivity contribution is 0.180. The fourth-order valence-electron chi connectivity index (χ4n) is 1.26. The Kier molecular flexibility index (Phi) is 4.68. The Morgan fingerprint density at radius 3 is 2.31 bits per heavy atom. The summed E-state index contributed by atoms with van der Waals surface area (Å²) in [6, 6.07) is 7.86. The summed E-state index contributed by atoms with van der Waals surface area (Å²) >= 11 is 1.80. The van der Waals surface area contributed by atoms with E-state index in [9.17, 15) is 4.79 Å². The lowest BCUT2D eigenvalue weighted by atomic mass is 10.3. The maximum atomic E-state index is 11.3. The van der Waals surface area contributed by atoms with Gasteiger partial charge in [-0.2, -0.15) is 0 Å². The number of anilines is 1. The Bertz CT molecular complexity index is 349. The summed E-state index contributed by atoms with van der Waals surface area (Å²) in [5.41, 5.74) is 0.833. The van der Waals surface area contributed by atoms with Crippen molar-refractivity contribution in [1.29, 1.82) is 0 Å². The third-order valence-corrected chi connectivity index (χ3v) is 3.06. The Morgan fingerprint density at radius 2 is 1.88 bits per heavy atom. The third-order valence-electron chi connectivity index (χ3n) is 2.04. The lowest BCUT2D eigenvalue weighted by Crippen LogP contribution is -2.25. The highest BCUT2D eigenvalue weighted by atomic mass is 32.2. The van der Waals surface area contributed by atoms with Crippen LogP contribution in [-0.4, -0.2) is 25.5 Å². The number of nitrogens with zero attached hydrogens (tertiary/aromatic N) is 1. The Balaban J connectivity index is 2.74. The van der Waals surface area contributed by atoms with Crippen LogP contribution in [0.3, 0.4) is 0 Å². The van der Waals surface area contributed by atoms with Gasteiger partial charge in [-0.3, -0.25) is 4.90 Å². The Hall–Kier alpha value is -1.16. The van der Waals surface area contributed by atoms with E-state index in [1.807, 2.05) is 24.3 Å². The molecule has 0 saturated carbocycles. The van der Waals surface area contributed by atoms with Crippen LogP contribution in [-0.2, 0) is 4.74 Å². The number of hydrogen-bond donors (Lipinski definition) is 0.